The minimum absolute atomic E-state index is 0.0723. The standard InChI is InChI=1S/C26H40O5/c1-8-9-22(28)31-26(7)13-12-20(29-18(6)27)17(5)14-21-23-16(4)10-11-19(15(2)3)24(23)25(26)30-21/h15,19-21,23-25H,4-5,8-14H2,1-3,6-7H3/t19-,20+,21-,23-,24-,25-,26-/m1/s1. The molecule has 0 unspecified atom stereocenters. The van der Waals surface area contributed by atoms with Gasteiger partial charge in [0, 0.05) is 25.2 Å². The maximum Gasteiger partial charge on any atom is 0.306 e. The van der Waals surface area contributed by atoms with Crippen LogP contribution in [-0.4, -0.2) is 35.9 Å². The summed E-state index contributed by atoms with van der Waals surface area (Å²) >= 11 is 0. The minimum Gasteiger partial charge on any atom is -0.458 e. The zero-order chi connectivity index (χ0) is 22.9. The normalized spacial score (nSPS) is 38.1. The monoisotopic (exact) mass is 432 g/mol. The van der Waals surface area contributed by atoms with E-state index in [1.807, 2.05) is 13.8 Å². The van der Waals surface area contributed by atoms with Gasteiger partial charge in [-0.2, -0.15) is 0 Å². The third-order valence-corrected chi connectivity index (χ3v) is 7.64. The molecule has 0 amide bonds. The van der Waals surface area contributed by atoms with Gasteiger partial charge >= 0.3 is 11.9 Å². The van der Waals surface area contributed by atoms with Crippen molar-refractivity contribution in [3.05, 3.63) is 24.3 Å². The average Bonchev–Trinajstić information content (AvgIpc) is 3.06. The first-order chi connectivity index (χ1) is 14.6. The lowest BCUT2D eigenvalue weighted by Crippen LogP contribution is -2.51. The molecule has 2 saturated heterocycles. The highest BCUT2D eigenvalue weighted by Crippen LogP contribution is 2.55. The zero-order valence-corrected chi connectivity index (χ0v) is 19.9. The Labute approximate surface area is 187 Å². The zero-order valence-electron chi connectivity index (χ0n) is 19.9. The van der Waals surface area contributed by atoms with Gasteiger partial charge in [0.1, 0.15) is 17.8 Å². The van der Waals surface area contributed by atoms with Gasteiger partial charge in [0.15, 0.2) is 0 Å². The molecule has 3 rings (SSSR count). The molecule has 5 nitrogen and oxygen atoms in total. The van der Waals surface area contributed by atoms with Crippen LogP contribution < -0.4 is 0 Å². The third-order valence-electron chi connectivity index (χ3n) is 7.64. The van der Waals surface area contributed by atoms with Crippen LogP contribution in [0.5, 0.6) is 0 Å². The summed E-state index contributed by atoms with van der Waals surface area (Å²) in [5.74, 6) is 0.979. The van der Waals surface area contributed by atoms with Gasteiger partial charge in [0.25, 0.3) is 0 Å². The Kier molecular flexibility index (Phi) is 7.35. The van der Waals surface area contributed by atoms with Crippen LogP contribution in [0.1, 0.15) is 79.6 Å². The van der Waals surface area contributed by atoms with E-state index in [4.69, 9.17) is 14.2 Å². The number of esters is 2. The number of carbonyl (C=O) groups is 2. The molecule has 0 N–H and O–H groups in total. The molecule has 0 spiro atoms. The number of ether oxygens (including phenoxy) is 3. The van der Waals surface area contributed by atoms with E-state index >= 15 is 0 Å². The summed E-state index contributed by atoms with van der Waals surface area (Å²) in [5.41, 5.74) is 1.33. The minimum atomic E-state index is -0.780. The highest BCUT2D eigenvalue weighted by Gasteiger charge is 2.58. The molecule has 1 aliphatic carbocycles. The summed E-state index contributed by atoms with van der Waals surface area (Å²) in [6.45, 7) is 18.7. The summed E-state index contributed by atoms with van der Waals surface area (Å²) in [5, 5.41) is 0. The van der Waals surface area contributed by atoms with Gasteiger partial charge in [0.05, 0.1) is 6.10 Å². The molecule has 0 aromatic rings. The van der Waals surface area contributed by atoms with Crippen LogP contribution in [0.3, 0.4) is 0 Å². The van der Waals surface area contributed by atoms with Crippen molar-refractivity contribution in [2.75, 3.05) is 0 Å². The summed E-state index contributed by atoms with van der Waals surface area (Å²) in [4.78, 5) is 24.4. The van der Waals surface area contributed by atoms with E-state index in [0.29, 0.717) is 37.5 Å². The molecule has 31 heavy (non-hydrogen) atoms. The topological polar surface area (TPSA) is 61.8 Å². The SMILES string of the molecule is C=C1CC[C@H](C(C)C)[C@@H]2[C@H]1[C@H]1CC(=C)[C@@H](OC(C)=O)CC[C@@](C)(OC(=O)CCC)[C@@H]2O1. The lowest BCUT2D eigenvalue weighted by Gasteiger charge is -2.45. The molecular formula is C26H40O5. The molecule has 3 aliphatic rings. The fraction of sp³-hybridized carbons (Fsp3) is 0.769. The Morgan fingerprint density at radius 1 is 1.23 bits per heavy atom. The number of rotatable bonds is 5. The van der Waals surface area contributed by atoms with Gasteiger partial charge in [-0.1, -0.05) is 39.5 Å². The first-order valence-electron chi connectivity index (χ1n) is 12.0. The first-order valence-corrected chi connectivity index (χ1v) is 12.0. The molecule has 3 fully saturated rings. The van der Waals surface area contributed by atoms with Crippen molar-refractivity contribution >= 4 is 11.9 Å². The van der Waals surface area contributed by atoms with Gasteiger partial charge in [-0.05, 0) is 62.9 Å². The van der Waals surface area contributed by atoms with Crippen molar-refractivity contribution in [1.82, 2.24) is 0 Å². The first kappa shape index (κ1) is 24.0. The summed E-state index contributed by atoms with van der Waals surface area (Å²) < 4.78 is 18.6. The molecule has 0 aromatic carbocycles. The molecule has 174 valence electrons. The van der Waals surface area contributed by atoms with Crippen LogP contribution in [0.4, 0.5) is 0 Å². The second kappa shape index (κ2) is 9.48. The van der Waals surface area contributed by atoms with Gasteiger partial charge in [0.2, 0.25) is 0 Å². The van der Waals surface area contributed by atoms with Gasteiger partial charge < -0.3 is 14.2 Å². The Balaban J connectivity index is 2.02. The second-order valence-electron chi connectivity index (χ2n) is 10.3. The quantitative estimate of drug-likeness (QED) is 0.431. The second-order valence-corrected chi connectivity index (χ2v) is 10.3. The molecule has 2 heterocycles. The summed E-state index contributed by atoms with van der Waals surface area (Å²) in [6.07, 6.45) is 4.35. The summed E-state index contributed by atoms with van der Waals surface area (Å²) in [6, 6.07) is 0. The van der Waals surface area contributed by atoms with Crippen molar-refractivity contribution in [3.63, 3.8) is 0 Å². The van der Waals surface area contributed by atoms with Crippen LogP contribution in [0, 0.1) is 23.7 Å². The van der Waals surface area contributed by atoms with Crippen molar-refractivity contribution in [2.24, 2.45) is 23.7 Å². The number of carbonyl (C=O) groups excluding carboxylic acids is 2. The molecule has 5 heteroatoms. The van der Waals surface area contributed by atoms with Crippen LogP contribution >= 0.6 is 0 Å². The van der Waals surface area contributed by atoms with E-state index in [9.17, 15) is 9.59 Å². The van der Waals surface area contributed by atoms with Crippen molar-refractivity contribution in [2.45, 2.75) is 103 Å². The van der Waals surface area contributed by atoms with E-state index in [1.54, 1.807) is 0 Å². The van der Waals surface area contributed by atoms with Crippen LogP contribution in [0.25, 0.3) is 0 Å². The largest absolute Gasteiger partial charge is 0.458 e. The Morgan fingerprint density at radius 2 is 1.94 bits per heavy atom. The molecule has 2 aliphatic heterocycles. The summed E-state index contributed by atoms with van der Waals surface area (Å²) in [7, 11) is 0. The van der Waals surface area contributed by atoms with Crippen molar-refractivity contribution in [1.29, 1.82) is 0 Å². The molecule has 1 saturated carbocycles. The van der Waals surface area contributed by atoms with Crippen molar-refractivity contribution in [3.8, 4) is 0 Å². The van der Waals surface area contributed by atoms with Crippen LogP contribution in [0.15, 0.2) is 24.3 Å². The molecular weight excluding hydrogens is 392 g/mol. The molecule has 2 bridgehead atoms. The third kappa shape index (κ3) is 4.92. The van der Waals surface area contributed by atoms with Crippen LogP contribution in [-0.2, 0) is 23.8 Å². The van der Waals surface area contributed by atoms with Gasteiger partial charge in [-0.3, -0.25) is 9.59 Å². The Hall–Kier alpha value is -1.62. The fourth-order valence-electron chi connectivity index (χ4n) is 6.16. The van der Waals surface area contributed by atoms with E-state index < -0.39 is 5.60 Å². The highest BCUT2D eigenvalue weighted by atomic mass is 16.6. The van der Waals surface area contributed by atoms with Gasteiger partial charge in [-0.25, -0.2) is 0 Å². The lowest BCUT2D eigenvalue weighted by atomic mass is 9.61. The lowest BCUT2D eigenvalue weighted by molar-refractivity contribution is -0.182. The highest BCUT2D eigenvalue weighted by molar-refractivity contribution is 5.70. The number of hydrogen-bond donors (Lipinski definition) is 0. The average molecular weight is 433 g/mol. The van der Waals surface area contributed by atoms with Crippen molar-refractivity contribution < 1.29 is 23.8 Å². The fourth-order valence-corrected chi connectivity index (χ4v) is 6.16. The maximum atomic E-state index is 12.6. The maximum absolute atomic E-state index is 12.6. The molecule has 7 atom stereocenters. The predicted octanol–water partition coefficient (Wildman–Crippen LogP) is 5.38. The molecule has 0 radical (unpaired) electrons. The van der Waals surface area contributed by atoms with E-state index in [1.165, 1.54) is 12.5 Å². The number of hydrogen-bond acceptors (Lipinski definition) is 5. The Bertz CT molecular complexity index is 725. The number of fused-ring (bicyclic) bond motifs is 5. The van der Waals surface area contributed by atoms with Crippen LogP contribution in [0.2, 0.25) is 0 Å². The smallest absolute Gasteiger partial charge is 0.306 e. The molecule has 0 aromatic heterocycles. The van der Waals surface area contributed by atoms with E-state index in [2.05, 4.69) is 27.0 Å². The van der Waals surface area contributed by atoms with E-state index in [-0.39, 0.29) is 42.1 Å². The van der Waals surface area contributed by atoms with E-state index in [0.717, 1.165) is 24.8 Å². The Morgan fingerprint density at radius 3 is 2.55 bits per heavy atom. The predicted molar refractivity (Wildman–Crippen MR) is 120 cm³/mol. The van der Waals surface area contributed by atoms with Gasteiger partial charge in [-0.15, -0.1) is 0 Å².